The van der Waals surface area contributed by atoms with E-state index in [1.54, 1.807) is 42.5 Å². The van der Waals surface area contributed by atoms with E-state index in [0.29, 0.717) is 28.7 Å². The summed E-state index contributed by atoms with van der Waals surface area (Å²) in [7, 11) is 0. The van der Waals surface area contributed by atoms with E-state index in [2.05, 4.69) is 17.3 Å². The molecule has 2 aromatic carbocycles. The van der Waals surface area contributed by atoms with E-state index in [9.17, 15) is 14.4 Å². The van der Waals surface area contributed by atoms with E-state index in [-0.39, 0.29) is 23.7 Å². The summed E-state index contributed by atoms with van der Waals surface area (Å²) in [5.41, 5.74) is 1.18. The largest absolute Gasteiger partial charge is 0.323 e. The molecule has 1 aliphatic heterocycles. The van der Waals surface area contributed by atoms with Crippen LogP contribution in [0.25, 0.3) is 10.8 Å². The first-order valence-corrected chi connectivity index (χ1v) is 9.80. The predicted octanol–water partition coefficient (Wildman–Crippen LogP) is 3.19. The summed E-state index contributed by atoms with van der Waals surface area (Å²) in [5, 5.41) is 8.16. The van der Waals surface area contributed by atoms with E-state index in [0.717, 1.165) is 19.3 Å². The zero-order valence-corrected chi connectivity index (χ0v) is 16.2. The number of hydrogen-bond acceptors (Lipinski definition) is 4. The molecule has 1 aliphatic rings. The number of aryl methyl sites for hydroxylation is 1. The van der Waals surface area contributed by atoms with Gasteiger partial charge in [0.15, 0.2) is 5.69 Å². The quantitative estimate of drug-likeness (QED) is 0.678. The summed E-state index contributed by atoms with van der Waals surface area (Å²) >= 11 is 0. The van der Waals surface area contributed by atoms with Gasteiger partial charge < -0.3 is 5.32 Å². The molecule has 0 saturated carbocycles. The number of aromatic nitrogens is 2. The fraction of sp³-hybridized carbons (Fsp3) is 0.273. The summed E-state index contributed by atoms with van der Waals surface area (Å²) in [6.45, 7) is 2.44. The third kappa shape index (κ3) is 3.51. The number of nitrogens with zero attached hydrogens (tertiary/aromatic N) is 3. The van der Waals surface area contributed by atoms with Gasteiger partial charge in [-0.1, -0.05) is 50.1 Å². The van der Waals surface area contributed by atoms with Gasteiger partial charge in [0.1, 0.15) is 6.54 Å². The van der Waals surface area contributed by atoms with Gasteiger partial charge in [-0.15, -0.1) is 0 Å². The third-order valence-electron chi connectivity index (χ3n) is 5.06. The van der Waals surface area contributed by atoms with Crippen LogP contribution in [0.5, 0.6) is 0 Å². The Morgan fingerprint density at radius 1 is 1.03 bits per heavy atom. The Morgan fingerprint density at radius 2 is 1.76 bits per heavy atom. The van der Waals surface area contributed by atoms with Crippen LogP contribution >= 0.6 is 0 Å². The van der Waals surface area contributed by atoms with E-state index in [1.807, 2.05) is 6.07 Å². The molecule has 1 aromatic heterocycles. The molecule has 0 bridgehead atoms. The first kappa shape index (κ1) is 18.9. The maximum Gasteiger partial charge on any atom is 0.279 e. The number of benzene rings is 2. The highest BCUT2D eigenvalue weighted by atomic mass is 16.2. The van der Waals surface area contributed by atoms with Gasteiger partial charge in [-0.05, 0) is 24.6 Å². The highest BCUT2D eigenvalue weighted by Gasteiger charge is 2.30. The van der Waals surface area contributed by atoms with E-state index >= 15 is 0 Å². The lowest BCUT2D eigenvalue weighted by atomic mass is 10.1. The molecule has 0 saturated heterocycles. The second-order valence-corrected chi connectivity index (χ2v) is 7.09. The van der Waals surface area contributed by atoms with Gasteiger partial charge in [0.2, 0.25) is 5.91 Å². The second kappa shape index (κ2) is 7.87. The van der Waals surface area contributed by atoms with Crippen LogP contribution in [0, 0.1) is 0 Å². The molecule has 4 rings (SSSR count). The van der Waals surface area contributed by atoms with Crippen molar-refractivity contribution in [3.05, 3.63) is 64.6 Å². The van der Waals surface area contributed by atoms with Crippen molar-refractivity contribution in [2.75, 3.05) is 16.8 Å². The highest BCUT2D eigenvalue weighted by Crippen LogP contribution is 2.30. The minimum Gasteiger partial charge on any atom is -0.323 e. The number of para-hydroxylation sites is 2. The monoisotopic (exact) mass is 390 g/mol. The number of carbonyl (C=O) groups excluding carboxylic acids is 2. The van der Waals surface area contributed by atoms with Crippen LogP contribution in [-0.4, -0.2) is 28.1 Å². The van der Waals surface area contributed by atoms with Crippen molar-refractivity contribution in [1.82, 2.24) is 9.78 Å². The Balaban J connectivity index is 1.83. The third-order valence-corrected chi connectivity index (χ3v) is 5.06. The molecule has 1 N–H and O–H groups in total. The van der Waals surface area contributed by atoms with Gasteiger partial charge in [0, 0.05) is 11.9 Å². The molecule has 0 atom stereocenters. The van der Waals surface area contributed by atoms with Gasteiger partial charge in [0.25, 0.3) is 11.5 Å². The van der Waals surface area contributed by atoms with Crippen molar-refractivity contribution in [1.29, 1.82) is 0 Å². The van der Waals surface area contributed by atoms with E-state index in [4.69, 9.17) is 0 Å². The molecule has 29 heavy (non-hydrogen) atoms. The topological polar surface area (TPSA) is 84.3 Å². The summed E-state index contributed by atoms with van der Waals surface area (Å²) in [6.07, 6.45) is 2.81. The molecule has 0 unspecified atom stereocenters. The summed E-state index contributed by atoms with van der Waals surface area (Å²) in [5.74, 6) is -0.662. The van der Waals surface area contributed by atoms with Crippen LogP contribution in [0.4, 0.5) is 11.4 Å². The molecule has 148 valence electrons. The number of carbonyl (C=O) groups is 2. The number of nitrogens with one attached hydrogen (secondary N) is 1. The normalized spacial score (nSPS) is 13.3. The van der Waals surface area contributed by atoms with Gasteiger partial charge in [0.05, 0.1) is 16.8 Å². The molecule has 0 spiro atoms. The Kier molecular flexibility index (Phi) is 5.12. The Bertz CT molecular complexity index is 1150. The summed E-state index contributed by atoms with van der Waals surface area (Å²) in [6, 6.07) is 14.1. The van der Waals surface area contributed by atoms with Crippen LogP contribution in [0.15, 0.2) is 53.3 Å². The zero-order chi connectivity index (χ0) is 20.4. The van der Waals surface area contributed by atoms with Gasteiger partial charge >= 0.3 is 0 Å². The molecular weight excluding hydrogens is 368 g/mol. The Morgan fingerprint density at radius 3 is 2.55 bits per heavy atom. The molecule has 2 amide bonds. The molecule has 7 heteroatoms. The number of amides is 2. The molecule has 0 fully saturated rings. The predicted molar refractivity (Wildman–Crippen MR) is 112 cm³/mol. The van der Waals surface area contributed by atoms with Crippen LogP contribution in [-0.2, 0) is 11.3 Å². The van der Waals surface area contributed by atoms with E-state index in [1.165, 1.54) is 9.58 Å². The van der Waals surface area contributed by atoms with Crippen molar-refractivity contribution in [3.8, 4) is 0 Å². The number of fused-ring (bicyclic) bond motifs is 2. The minimum atomic E-state index is -0.396. The number of anilines is 2. The molecule has 3 aromatic rings. The summed E-state index contributed by atoms with van der Waals surface area (Å²) < 4.78 is 1.38. The summed E-state index contributed by atoms with van der Waals surface area (Å²) in [4.78, 5) is 39.9. The number of hydrogen-bond donors (Lipinski definition) is 1. The second-order valence-electron chi connectivity index (χ2n) is 7.09. The van der Waals surface area contributed by atoms with Crippen LogP contribution in [0.2, 0.25) is 0 Å². The fourth-order valence-corrected chi connectivity index (χ4v) is 3.60. The number of unbranched alkanes of at least 4 members (excludes halogenated alkanes) is 2. The lowest BCUT2D eigenvalue weighted by Gasteiger charge is -2.29. The molecule has 0 radical (unpaired) electrons. The maximum atomic E-state index is 13.5. The van der Waals surface area contributed by atoms with Crippen LogP contribution in [0.3, 0.4) is 0 Å². The highest BCUT2D eigenvalue weighted by molar-refractivity contribution is 6.18. The lowest BCUT2D eigenvalue weighted by Crippen LogP contribution is -2.43. The SMILES string of the molecule is CCCCCn1nc(C(=O)N2CC(=O)Nc3ccccc32)c2ccccc2c1=O. The average molecular weight is 390 g/mol. The van der Waals surface area contributed by atoms with Gasteiger partial charge in [-0.25, -0.2) is 4.68 Å². The average Bonchev–Trinajstić information content (AvgIpc) is 2.74. The van der Waals surface area contributed by atoms with Crippen molar-refractivity contribution in [3.63, 3.8) is 0 Å². The van der Waals surface area contributed by atoms with Gasteiger partial charge in [-0.3, -0.25) is 19.3 Å². The smallest absolute Gasteiger partial charge is 0.279 e. The first-order valence-electron chi connectivity index (χ1n) is 9.80. The maximum absolute atomic E-state index is 13.5. The number of rotatable bonds is 5. The first-order chi connectivity index (χ1) is 14.1. The fourth-order valence-electron chi connectivity index (χ4n) is 3.60. The zero-order valence-electron chi connectivity index (χ0n) is 16.2. The minimum absolute atomic E-state index is 0.0964. The van der Waals surface area contributed by atoms with Crippen LogP contribution in [0.1, 0.15) is 36.7 Å². The van der Waals surface area contributed by atoms with Crippen molar-refractivity contribution < 1.29 is 9.59 Å². The lowest BCUT2D eigenvalue weighted by molar-refractivity contribution is -0.115. The van der Waals surface area contributed by atoms with Crippen molar-refractivity contribution >= 4 is 34.0 Å². The Hall–Kier alpha value is -3.48. The van der Waals surface area contributed by atoms with Gasteiger partial charge in [-0.2, -0.15) is 5.10 Å². The molecule has 7 nitrogen and oxygen atoms in total. The van der Waals surface area contributed by atoms with Crippen molar-refractivity contribution in [2.24, 2.45) is 0 Å². The molecule has 2 heterocycles. The van der Waals surface area contributed by atoms with Crippen molar-refractivity contribution in [2.45, 2.75) is 32.7 Å². The molecule has 0 aliphatic carbocycles. The molecular formula is C22H22N4O3. The van der Waals surface area contributed by atoms with Crippen LogP contribution < -0.4 is 15.8 Å². The standard InChI is InChI=1S/C22H22N4O3/c1-2-3-8-13-26-21(28)16-10-5-4-9-15(16)20(24-26)22(29)25-14-19(27)23-17-11-6-7-12-18(17)25/h4-7,9-12H,2-3,8,13-14H2,1H3,(H,23,27). The Labute approximate surface area is 167 Å². The van der Waals surface area contributed by atoms with E-state index < -0.39 is 5.91 Å².